The fourth-order valence-electron chi connectivity index (χ4n) is 1.60. The summed E-state index contributed by atoms with van der Waals surface area (Å²) in [7, 11) is 0. The predicted molar refractivity (Wildman–Crippen MR) is 63.1 cm³/mol. The summed E-state index contributed by atoms with van der Waals surface area (Å²) in [5, 5.41) is 9.43. The summed E-state index contributed by atoms with van der Waals surface area (Å²) >= 11 is 3.42. The molecule has 3 nitrogen and oxygen atoms in total. The highest BCUT2D eigenvalue weighted by atomic mass is 79.9. The van der Waals surface area contributed by atoms with Crippen molar-refractivity contribution in [2.45, 2.75) is 20.3 Å². The average molecular weight is 269 g/mol. The molecule has 4 heteroatoms. The first-order valence-electron chi connectivity index (χ1n) is 4.93. The number of fused-ring (bicyclic) bond motifs is 1. The second-order valence-corrected chi connectivity index (χ2v) is 4.81. The second-order valence-electron chi connectivity index (χ2n) is 4.06. The molecule has 0 spiro atoms. The maximum atomic E-state index is 9.43. The summed E-state index contributed by atoms with van der Waals surface area (Å²) in [5.41, 5.74) is 0.989. The number of imidazole rings is 1. The molecule has 15 heavy (non-hydrogen) atoms. The van der Waals surface area contributed by atoms with E-state index in [4.69, 9.17) is 0 Å². The smallest absolute Gasteiger partial charge is 0.132 e. The van der Waals surface area contributed by atoms with E-state index in [1.54, 1.807) is 12.3 Å². The van der Waals surface area contributed by atoms with E-state index in [0.717, 1.165) is 22.4 Å². The quantitative estimate of drug-likeness (QED) is 0.910. The summed E-state index contributed by atoms with van der Waals surface area (Å²) in [5.74, 6) is 1.78. The normalized spacial score (nSPS) is 11.5. The number of nitrogens with zero attached hydrogens (tertiary/aromatic N) is 2. The molecule has 1 N–H and O–H groups in total. The molecule has 2 aromatic heterocycles. The van der Waals surface area contributed by atoms with Gasteiger partial charge in [0.05, 0.1) is 11.7 Å². The van der Waals surface area contributed by atoms with Crippen LogP contribution in [0.1, 0.15) is 19.7 Å². The maximum absolute atomic E-state index is 9.43. The second kappa shape index (κ2) is 3.85. The van der Waals surface area contributed by atoms with Crippen LogP contribution >= 0.6 is 15.9 Å². The van der Waals surface area contributed by atoms with Crippen LogP contribution in [0.4, 0.5) is 0 Å². The van der Waals surface area contributed by atoms with E-state index >= 15 is 0 Å². The third-order valence-electron chi connectivity index (χ3n) is 2.24. The van der Waals surface area contributed by atoms with Crippen molar-refractivity contribution in [1.82, 2.24) is 9.38 Å². The number of rotatable bonds is 2. The van der Waals surface area contributed by atoms with Gasteiger partial charge in [-0.05, 0) is 34.0 Å². The first-order chi connectivity index (χ1) is 7.08. The zero-order valence-corrected chi connectivity index (χ0v) is 10.3. The highest BCUT2D eigenvalue weighted by Crippen LogP contribution is 2.23. The van der Waals surface area contributed by atoms with E-state index in [2.05, 4.69) is 34.8 Å². The Morgan fingerprint density at radius 3 is 2.87 bits per heavy atom. The van der Waals surface area contributed by atoms with Crippen LogP contribution in [0.2, 0.25) is 0 Å². The van der Waals surface area contributed by atoms with E-state index in [-0.39, 0.29) is 5.75 Å². The molecule has 80 valence electrons. The van der Waals surface area contributed by atoms with E-state index in [9.17, 15) is 5.11 Å². The zero-order valence-electron chi connectivity index (χ0n) is 8.74. The molecule has 0 aliphatic carbocycles. The van der Waals surface area contributed by atoms with Gasteiger partial charge in [-0.2, -0.15) is 0 Å². The Morgan fingerprint density at radius 1 is 1.47 bits per heavy atom. The molecule has 0 saturated heterocycles. The molecule has 2 aromatic rings. The lowest BCUT2D eigenvalue weighted by molar-refractivity contribution is 0.471. The van der Waals surface area contributed by atoms with Crippen LogP contribution in [0.3, 0.4) is 0 Å². The maximum Gasteiger partial charge on any atom is 0.132 e. The van der Waals surface area contributed by atoms with Gasteiger partial charge in [0.15, 0.2) is 0 Å². The number of hydrogen-bond acceptors (Lipinski definition) is 2. The van der Waals surface area contributed by atoms with Gasteiger partial charge >= 0.3 is 0 Å². The number of hydrogen-bond donors (Lipinski definition) is 1. The summed E-state index contributed by atoms with van der Waals surface area (Å²) in [4.78, 5) is 4.44. The van der Waals surface area contributed by atoms with Crippen molar-refractivity contribution in [3.8, 4) is 5.75 Å². The Labute approximate surface area is 96.9 Å². The van der Waals surface area contributed by atoms with Gasteiger partial charge in [0.2, 0.25) is 0 Å². The minimum Gasteiger partial charge on any atom is -0.506 e. The SMILES string of the molecule is CC(C)Cc1nc(Br)c2ccc(O)cn12. The largest absolute Gasteiger partial charge is 0.506 e. The van der Waals surface area contributed by atoms with Crippen LogP contribution in [-0.4, -0.2) is 14.5 Å². The molecular formula is C11H13BrN2O. The van der Waals surface area contributed by atoms with Gasteiger partial charge < -0.3 is 5.11 Å². The first-order valence-corrected chi connectivity index (χ1v) is 5.72. The van der Waals surface area contributed by atoms with Crippen LogP contribution in [0, 0.1) is 5.92 Å². The molecule has 0 fully saturated rings. The van der Waals surface area contributed by atoms with Crippen molar-refractivity contribution >= 4 is 21.4 Å². The van der Waals surface area contributed by atoms with E-state index in [1.165, 1.54) is 0 Å². The number of halogens is 1. The number of pyridine rings is 1. The van der Waals surface area contributed by atoms with E-state index in [1.807, 2.05) is 10.5 Å². The Kier molecular flexibility index (Phi) is 2.69. The van der Waals surface area contributed by atoms with Gasteiger partial charge in [-0.25, -0.2) is 4.98 Å². The van der Waals surface area contributed by atoms with Gasteiger partial charge in [0, 0.05) is 6.42 Å². The lowest BCUT2D eigenvalue weighted by Gasteiger charge is -2.03. The zero-order chi connectivity index (χ0) is 11.0. The molecule has 0 aliphatic rings. The number of aromatic hydroxyl groups is 1. The van der Waals surface area contributed by atoms with Crippen molar-refractivity contribution in [3.63, 3.8) is 0 Å². The average Bonchev–Trinajstić information content (AvgIpc) is 2.42. The van der Waals surface area contributed by atoms with Crippen molar-refractivity contribution in [2.24, 2.45) is 5.92 Å². The Hall–Kier alpha value is -1.03. The monoisotopic (exact) mass is 268 g/mol. The highest BCUT2D eigenvalue weighted by Gasteiger charge is 2.10. The molecule has 2 rings (SSSR count). The standard InChI is InChI=1S/C11H13BrN2O/c1-7(2)5-10-13-11(12)9-4-3-8(15)6-14(9)10/h3-4,6-7,15H,5H2,1-2H3. The summed E-state index contributed by atoms with van der Waals surface area (Å²) < 4.78 is 2.76. The fourth-order valence-corrected chi connectivity index (χ4v) is 2.13. The minimum absolute atomic E-state index is 0.261. The number of aromatic nitrogens is 2. The van der Waals surface area contributed by atoms with Crippen molar-refractivity contribution < 1.29 is 5.11 Å². The molecule has 0 unspecified atom stereocenters. The molecular weight excluding hydrogens is 256 g/mol. The molecule has 0 bridgehead atoms. The minimum atomic E-state index is 0.261. The molecule has 0 saturated carbocycles. The van der Waals surface area contributed by atoms with Crippen LogP contribution in [0.5, 0.6) is 5.75 Å². The van der Waals surface area contributed by atoms with Crippen molar-refractivity contribution in [2.75, 3.05) is 0 Å². The van der Waals surface area contributed by atoms with Gasteiger partial charge in [0.1, 0.15) is 16.2 Å². The van der Waals surface area contributed by atoms with Crippen LogP contribution in [0.25, 0.3) is 5.52 Å². The molecule has 2 heterocycles. The summed E-state index contributed by atoms with van der Waals surface area (Å²) in [6.07, 6.45) is 2.60. The lowest BCUT2D eigenvalue weighted by Crippen LogP contribution is -2.00. The van der Waals surface area contributed by atoms with Crippen LogP contribution < -0.4 is 0 Å². The summed E-state index contributed by atoms with van der Waals surface area (Å²) in [6, 6.07) is 3.52. The Morgan fingerprint density at radius 2 is 2.20 bits per heavy atom. The van der Waals surface area contributed by atoms with Crippen LogP contribution in [-0.2, 0) is 6.42 Å². The lowest BCUT2D eigenvalue weighted by atomic mass is 10.1. The molecule has 0 amide bonds. The fraction of sp³-hybridized carbons (Fsp3) is 0.364. The van der Waals surface area contributed by atoms with Crippen molar-refractivity contribution in [3.05, 3.63) is 28.8 Å². The Balaban J connectivity index is 2.59. The van der Waals surface area contributed by atoms with Gasteiger partial charge in [0.25, 0.3) is 0 Å². The highest BCUT2D eigenvalue weighted by molar-refractivity contribution is 9.10. The van der Waals surface area contributed by atoms with Gasteiger partial charge in [-0.15, -0.1) is 0 Å². The third kappa shape index (κ3) is 2.00. The first kappa shape index (κ1) is 10.5. The summed E-state index contributed by atoms with van der Waals surface area (Å²) in [6.45, 7) is 4.30. The molecule has 0 atom stereocenters. The molecule has 0 aromatic carbocycles. The van der Waals surface area contributed by atoms with E-state index in [0.29, 0.717) is 5.92 Å². The topological polar surface area (TPSA) is 37.5 Å². The van der Waals surface area contributed by atoms with Gasteiger partial charge in [-0.3, -0.25) is 4.40 Å². The molecule has 0 aliphatic heterocycles. The third-order valence-corrected chi connectivity index (χ3v) is 2.82. The van der Waals surface area contributed by atoms with Crippen molar-refractivity contribution in [1.29, 1.82) is 0 Å². The Bertz CT molecular complexity index is 491. The van der Waals surface area contributed by atoms with Crippen LogP contribution in [0.15, 0.2) is 22.9 Å². The predicted octanol–water partition coefficient (Wildman–Crippen LogP) is 3.00. The molecule has 0 radical (unpaired) electrons. The van der Waals surface area contributed by atoms with Gasteiger partial charge in [-0.1, -0.05) is 13.8 Å². The van der Waals surface area contributed by atoms with E-state index < -0.39 is 0 Å².